The number of fused-ring (bicyclic) bond motifs is 1. The maximum atomic E-state index is 11.6. The van der Waals surface area contributed by atoms with Crippen molar-refractivity contribution in [2.75, 3.05) is 5.32 Å². The Bertz CT molecular complexity index is 764. The normalized spacial score (nSPS) is 11.0. The monoisotopic (exact) mass is 265 g/mol. The minimum Gasteiger partial charge on any atom is -0.291 e. The van der Waals surface area contributed by atoms with Crippen LogP contribution in [0.1, 0.15) is 5.69 Å². The summed E-state index contributed by atoms with van der Waals surface area (Å²) in [6.07, 6.45) is 4.38. The zero-order valence-corrected chi connectivity index (χ0v) is 10.4. The number of aromatic nitrogens is 4. The summed E-state index contributed by atoms with van der Waals surface area (Å²) in [5.74, 6) is 0.0165. The first-order chi connectivity index (χ1) is 9.81. The Morgan fingerprint density at radius 1 is 1.20 bits per heavy atom. The van der Waals surface area contributed by atoms with Crippen LogP contribution >= 0.6 is 0 Å². The van der Waals surface area contributed by atoms with E-state index in [1.54, 1.807) is 6.08 Å². The molecule has 98 valence electrons. The number of carbonyl (C=O) groups excluding carboxylic acids is 1. The third-order valence-corrected chi connectivity index (χ3v) is 2.68. The van der Waals surface area contributed by atoms with Gasteiger partial charge >= 0.3 is 0 Å². The first kappa shape index (κ1) is 12.0. The van der Waals surface area contributed by atoms with Crippen molar-refractivity contribution in [1.29, 1.82) is 0 Å². The van der Waals surface area contributed by atoms with Crippen LogP contribution in [-0.4, -0.2) is 26.1 Å². The molecule has 2 aromatic heterocycles. The number of benzene rings is 1. The van der Waals surface area contributed by atoms with Gasteiger partial charge in [-0.2, -0.15) is 10.1 Å². The molecule has 0 atom stereocenters. The fourth-order valence-corrected chi connectivity index (χ4v) is 1.76. The molecule has 0 aliphatic heterocycles. The molecule has 0 saturated carbocycles. The predicted octanol–water partition coefficient (Wildman–Crippen LogP) is 2.00. The number of amides is 1. The van der Waals surface area contributed by atoms with Gasteiger partial charge in [0.25, 0.3) is 5.91 Å². The fourth-order valence-electron chi connectivity index (χ4n) is 1.76. The molecule has 0 aliphatic rings. The van der Waals surface area contributed by atoms with E-state index >= 15 is 0 Å². The fraction of sp³-hybridized carbons (Fsp3) is 0. The number of pyridine rings is 1. The molecular weight excluding hydrogens is 254 g/mol. The Balaban J connectivity index is 1.75. The first-order valence-corrected chi connectivity index (χ1v) is 6.01. The maximum Gasteiger partial charge on any atom is 0.250 e. The number of hydrogen-bond acceptors (Lipinski definition) is 4. The highest BCUT2D eigenvalue weighted by molar-refractivity contribution is 6.00. The van der Waals surface area contributed by atoms with E-state index in [1.165, 1.54) is 12.4 Å². The third kappa shape index (κ3) is 2.69. The van der Waals surface area contributed by atoms with Crippen molar-refractivity contribution < 1.29 is 4.79 Å². The summed E-state index contributed by atoms with van der Waals surface area (Å²) >= 11 is 0. The molecule has 0 aliphatic carbocycles. The lowest BCUT2D eigenvalue weighted by Crippen LogP contribution is -2.09. The number of aromatic amines is 1. The number of para-hydroxylation sites is 1. The highest BCUT2D eigenvalue weighted by atomic mass is 16.1. The van der Waals surface area contributed by atoms with Crippen LogP contribution in [0.15, 0.2) is 48.8 Å². The molecule has 0 saturated heterocycles. The van der Waals surface area contributed by atoms with Gasteiger partial charge in [-0.3, -0.25) is 10.1 Å². The van der Waals surface area contributed by atoms with Gasteiger partial charge in [-0.15, -0.1) is 0 Å². The lowest BCUT2D eigenvalue weighted by Gasteiger charge is -1.98. The molecule has 3 rings (SSSR count). The summed E-state index contributed by atoms with van der Waals surface area (Å²) in [6, 6.07) is 11.6. The molecule has 1 amide bonds. The van der Waals surface area contributed by atoms with Crippen LogP contribution in [-0.2, 0) is 4.79 Å². The van der Waals surface area contributed by atoms with Crippen LogP contribution in [0.4, 0.5) is 5.95 Å². The van der Waals surface area contributed by atoms with Crippen LogP contribution in [0.2, 0.25) is 0 Å². The maximum absolute atomic E-state index is 11.6. The van der Waals surface area contributed by atoms with Gasteiger partial charge in [0.2, 0.25) is 5.95 Å². The Labute approximate surface area is 114 Å². The van der Waals surface area contributed by atoms with Gasteiger partial charge in [0.1, 0.15) is 6.33 Å². The molecule has 6 nitrogen and oxygen atoms in total. The summed E-state index contributed by atoms with van der Waals surface area (Å²) < 4.78 is 0. The van der Waals surface area contributed by atoms with Crippen molar-refractivity contribution >= 4 is 28.8 Å². The zero-order valence-electron chi connectivity index (χ0n) is 10.4. The smallest absolute Gasteiger partial charge is 0.250 e. The van der Waals surface area contributed by atoms with Crippen LogP contribution in [0, 0.1) is 0 Å². The second-order valence-electron chi connectivity index (χ2n) is 4.09. The molecule has 1 aromatic carbocycles. The molecule has 0 fully saturated rings. The van der Waals surface area contributed by atoms with E-state index in [0.29, 0.717) is 5.95 Å². The Kier molecular flexibility index (Phi) is 3.20. The van der Waals surface area contributed by atoms with Crippen LogP contribution in [0.3, 0.4) is 0 Å². The number of rotatable bonds is 3. The molecule has 3 aromatic rings. The van der Waals surface area contributed by atoms with Gasteiger partial charge in [0.05, 0.1) is 11.2 Å². The van der Waals surface area contributed by atoms with E-state index in [0.717, 1.165) is 16.6 Å². The number of carbonyl (C=O) groups is 1. The summed E-state index contributed by atoms with van der Waals surface area (Å²) in [6.45, 7) is 0. The molecule has 20 heavy (non-hydrogen) atoms. The van der Waals surface area contributed by atoms with Gasteiger partial charge in [-0.1, -0.05) is 24.3 Å². The van der Waals surface area contributed by atoms with Gasteiger partial charge in [0, 0.05) is 11.5 Å². The number of nitrogens with zero attached hydrogens (tertiary/aromatic N) is 3. The number of H-pyrrole nitrogens is 1. The molecule has 0 spiro atoms. The minimum absolute atomic E-state index is 0.295. The lowest BCUT2D eigenvalue weighted by molar-refractivity contribution is -0.111. The number of hydrogen-bond donors (Lipinski definition) is 2. The van der Waals surface area contributed by atoms with E-state index in [2.05, 4.69) is 25.5 Å². The Morgan fingerprint density at radius 2 is 2.10 bits per heavy atom. The molecule has 6 heteroatoms. The van der Waals surface area contributed by atoms with E-state index in [9.17, 15) is 4.79 Å². The second kappa shape index (κ2) is 5.31. The second-order valence-corrected chi connectivity index (χ2v) is 4.09. The van der Waals surface area contributed by atoms with Crippen molar-refractivity contribution in [3.05, 3.63) is 54.5 Å². The van der Waals surface area contributed by atoms with Gasteiger partial charge in [-0.05, 0) is 18.2 Å². The Morgan fingerprint density at radius 3 is 2.95 bits per heavy atom. The average Bonchev–Trinajstić information content (AvgIpc) is 2.98. The van der Waals surface area contributed by atoms with Gasteiger partial charge in [-0.25, -0.2) is 10.1 Å². The predicted molar refractivity (Wildman–Crippen MR) is 75.8 cm³/mol. The van der Waals surface area contributed by atoms with Crippen molar-refractivity contribution in [3.8, 4) is 0 Å². The zero-order chi connectivity index (χ0) is 13.8. The molecule has 2 N–H and O–H groups in total. The van der Waals surface area contributed by atoms with Gasteiger partial charge < -0.3 is 0 Å². The van der Waals surface area contributed by atoms with E-state index in [4.69, 9.17) is 0 Å². The molecule has 0 bridgehead atoms. The summed E-state index contributed by atoms with van der Waals surface area (Å²) in [7, 11) is 0. The summed E-state index contributed by atoms with van der Waals surface area (Å²) in [5.41, 5.74) is 1.61. The highest BCUT2D eigenvalue weighted by Gasteiger charge is 2.00. The lowest BCUT2D eigenvalue weighted by atomic mass is 10.2. The quantitative estimate of drug-likeness (QED) is 0.709. The molecule has 0 radical (unpaired) electrons. The average molecular weight is 265 g/mol. The highest BCUT2D eigenvalue weighted by Crippen LogP contribution is 2.12. The van der Waals surface area contributed by atoms with E-state index < -0.39 is 0 Å². The minimum atomic E-state index is -0.295. The van der Waals surface area contributed by atoms with Crippen LogP contribution < -0.4 is 5.32 Å². The van der Waals surface area contributed by atoms with Gasteiger partial charge in [0.15, 0.2) is 0 Å². The Hall–Kier alpha value is -3.02. The molecular formula is C14H11N5O. The first-order valence-electron chi connectivity index (χ1n) is 6.01. The number of nitrogens with one attached hydrogen (secondary N) is 2. The van der Waals surface area contributed by atoms with Crippen molar-refractivity contribution in [1.82, 2.24) is 20.2 Å². The largest absolute Gasteiger partial charge is 0.291 e. The van der Waals surface area contributed by atoms with E-state index in [1.807, 2.05) is 36.4 Å². The standard InChI is InChI=1S/C14H11N5O/c20-13(18-14-15-9-16-19-14)8-7-11-6-5-10-3-1-2-4-12(10)17-11/h1-9H,(H2,15,16,18,19,20)/b8-7+. The summed E-state index contributed by atoms with van der Waals surface area (Å²) in [5, 5.41) is 9.80. The van der Waals surface area contributed by atoms with Crippen molar-refractivity contribution in [2.45, 2.75) is 0 Å². The molecule has 2 heterocycles. The van der Waals surface area contributed by atoms with Crippen LogP contribution in [0.25, 0.3) is 17.0 Å². The molecule has 0 unspecified atom stereocenters. The third-order valence-electron chi connectivity index (χ3n) is 2.68. The number of anilines is 1. The van der Waals surface area contributed by atoms with Crippen molar-refractivity contribution in [2.24, 2.45) is 0 Å². The topological polar surface area (TPSA) is 83.6 Å². The van der Waals surface area contributed by atoms with Crippen molar-refractivity contribution in [3.63, 3.8) is 0 Å². The van der Waals surface area contributed by atoms with E-state index in [-0.39, 0.29) is 5.91 Å². The summed E-state index contributed by atoms with van der Waals surface area (Å²) in [4.78, 5) is 19.9. The van der Waals surface area contributed by atoms with Crippen LogP contribution in [0.5, 0.6) is 0 Å². The SMILES string of the molecule is O=C(/C=C/c1ccc2ccccc2n1)Nc1ncn[nH]1.